The highest BCUT2D eigenvalue weighted by atomic mass is 79.9. The molecule has 0 unspecified atom stereocenters. The van der Waals surface area contributed by atoms with Gasteiger partial charge in [-0.15, -0.1) is 0 Å². The summed E-state index contributed by atoms with van der Waals surface area (Å²) in [6, 6.07) is 2.02. The summed E-state index contributed by atoms with van der Waals surface area (Å²) in [6.45, 7) is 0. The maximum absolute atomic E-state index is 13.5. The van der Waals surface area contributed by atoms with E-state index in [9.17, 15) is 8.78 Å². The fraction of sp³-hybridized carbons (Fsp3) is 0.333. The molecule has 1 aromatic carbocycles. The van der Waals surface area contributed by atoms with Gasteiger partial charge in [-0.05, 0) is 46.5 Å². The van der Waals surface area contributed by atoms with Crippen molar-refractivity contribution < 1.29 is 13.3 Å². The number of hydrogen-bond acceptors (Lipinski definition) is 5. The number of rotatable bonds is 5. The highest BCUT2D eigenvalue weighted by Gasteiger charge is 2.19. The van der Waals surface area contributed by atoms with E-state index in [4.69, 9.17) is 10.3 Å². The molecule has 0 spiro atoms. The SMILES string of the molecule is CSCC[C@@H](N)c1nc(-c2ccc(F)c(F)c2Br)no1. The van der Waals surface area contributed by atoms with Crippen LogP contribution in [0.2, 0.25) is 0 Å². The van der Waals surface area contributed by atoms with Gasteiger partial charge < -0.3 is 10.3 Å². The number of benzene rings is 1. The molecule has 1 aromatic heterocycles. The molecule has 0 aliphatic rings. The van der Waals surface area contributed by atoms with Gasteiger partial charge in [-0.25, -0.2) is 8.78 Å². The lowest BCUT2D eigenvalue weighted by Crippen LogP contribution is -2.11. The molecule has 108 valence electrons. The highest BCUT2D eigenvalue weighted by molar-refractivity contribution is 9.10. The molecule has 20 heavy (non-hydrogen) atoms. The normalized spacial score (nSPS) is 12.7. The molecular weight excluding hydrogens is 352 g/mol. The van der Waals surface area contributed by atoms with Crippen LogP contribution in [0.3, 0.4) is 0 Å². The Balaban J connectivity index is 2.27. The summed E-state index contributed by atoms with van der Waals surface area (Å²) in [4.78, 5) is 4.13. The van der Waals surface area contributed by atoms with Crippen molar-refractivity contribution in [1.29, 1.82) is 0 Å². The summed E-state index contributed by atoms with van der Waals surface area (Å²) >= 11 is 4.65. The van der Waals surface area contributed by atoms with Gasteiger partial charge in [0.1, 0.15) is 0 Å². The van der Waals surface area contributed by atoms with E-state index >= 15 is 0 Å². The molecule has 0 saturated heterocycles. The van der Waals surface area contributed by atoms with E-state index in [1.807, 2.05) is 6.26 Å². The summed E-state index contributed by atoms with van der Waals surface area (Å²) in [5.74, 6) is -0.606. The van der Waals surface area contributed by atoms with Crippen LogP contribution < -0.4 is 5.73 Å². The van der Waals surface area contributed by atoms with Crippen LogP contribution in [-0.2, 0) is 0 Å². The number of halogens is 3. The van der Waals surface area contributed by atoms with Crippen molar-refractivity contribution in [3.63, 3.8) is 0 Å². The molecule has 0 bridgehead atoms. The largest absolute Gasteiger partial charge is 0.337 e. The molecule has 0 aliphatic carbocycles. The van der Waals surface area contributed by atoms with Gasteiger partial charge in [-0.2, -0.15) is 16.7 Å². The van der Waals surface area contributed by atoms with Crippen LogP contribution in [0.1, 0.15) is 18.4 Å². The van der Waals surface area contributed by atoms with Gasteiger partial charge in [-0.1, -0.05) is 5.16 Å². The topological polar surface area (TPSA) is 64.9 Å². The Morgan fingerprint density at radius 3 is 2.90 bits per heavy atom. The molecule has 0 saturated carbocycles. The smallest absolute Gasteiger partial charge is 0.243 e. The molecule has 0 amide bonds. The number of hydrogen-bond donors (Lipinski definition) is 1. The second kappa shape index (κ2) is 6.64. The second-order valence-electron chi connectivity index (χ2n) is 4.07. The van der Waals surface area contributed by atoms with Crippen LogP contribution in [0.15, 0.2) is 21.1 Å². The Labute approximate surface area is 127 Å². The van der Waals surface area contributed by atoms with Gasteiger partial charge in [0.05, 0.1) is 10.5 Å². The van der Waals surface area contributed by atoms with Crippen molar-refractivity contribution >= 4 is 27.7 Å². The molecule has 0 fully saturated rings. The maximum atomic E-state index is 13.5. The molecule has 0 radical (unpaired) electrons. The average Bonchev–Trinajstić information content (AvgIpc) is 2.92. The fourth-order valence-electron chi connectivity index (χ4n) is 1.56. The zero-order chi connectivity index (χ0) is 14.7. The first kappa shape index (κ1) is 15.4. The van der Waals surface area contributed by atoms with E-state index in [-0.39, 0.29) is 22.2 Å². The van der Waals surface area contributed by atoms with Gasteiger partial charge in [-0.3, -0.25) is 0 Å². The lowest BCUT2D eigenvalue weighted by Gasteiger charge is -2.04. The van der Waals surface area contributed by atoms with Crippen LogP contribution >= 0.6 is 27.7 Å². The first-order chi connectivity index (χ1) is 9.54. The summed E-state index contributed by atoms with van der Waals surface area (Å²) in [6.07, 6.45) is 2.67. The van der Waals surface area contributed by atoms with Crippen molar-refractivity contribution in [2.24, 2.45) is 5.73 Å². The Hall–Kier alpha value is -0.990. The molecule has 4 nitrogen and oxygen atoms in total. The van der Waals surface area contributed by atoms with E-state index < -0.39 is 11.6 Å². The van der Waals surface area contributed by atoms with Gasteiger partial charge in [0, 0.05) is 5.56 Å². The van der Waals surface area contributed by atoms with Gasteiger partial charge in [0.15, 0.2) is 11.6 Å². The molecule has 1 heterocycles. The molecule has 0 aliphatic heterocycles. The quantitative estimate of drug-likeness (QED) is 0.823. The van der Waals surface area contributed by atoms with E-state index in [2.05, 4.69) is 26.1 Å². The van der Waals surface area contributed by atoms with E-state index in [0.717, 1.165) is 11.8 Å². The van der Waals surface area contributed by atoms with E-state index in [0.29, 0.717) is 12.0 Å². The second-order valence-corrected chi connectivity index (χ2v) is 5.85. The van der Waals surface area contributed by atoms with Crippen molar-refractivity contribution in [2.75, 3.05) is 12.0 Å². The predicted molar refractivity (Wildman–Crippen MR) is 77.3 cm³/mol. The van der Waals surface area contributed by atoms with E-state index in [1.165, 1.54) is 6.07 Å². The highest BCUT2D eigenvalue weighted by Crippen LogP contribution is 2.30. The average molecular weight is 364 g/mol. The van der Waals surface area contributed by atoms with Crippen molar-refractivity contribution in [3.8, 4) is 11.4 Å². The summed E-state index contributed by atoms with van der Waals surface area (Å²) in [5, 5.41) is 3.76. The van der Waals surface area contributed by atoms with Crippen LogP contribution in [0, 0.1) is 11.6 Å². The standard InChI is InChI=1S/C12H12BrF2N3OS/c1-20-5-4-8(16)12-17-11(18-19-12)6-2-3-7(14)10(15)9(6)13/h2-3,8H,4-5,16H2,1H3/t8-/m1/s1. The Bertz CT molecular complexity index is 608. The van der Waals surface area contributed by atoms with Crippen molar-refractivity contribution in [2.45, 2.75) is 12.5 Å². The van der Waals surface area contributed by atoms with Crippen LogP contribution in [-0.4, -0.2) is 22.1 Å². The van der Waals surface area contributed by atoms with Crippen molar-refractivity contribution in [3.05, 3.63) is 34.1 Å². The minimum atomic E-state index is -0.986. The number of aromatic nitrogens is 2. The number of nitrogens with two attached hydrogens (primary N) is 1. The Kier molecular flexibility index (Phi) is 5.11. The summed E-state index contributed by atoms with van der Waals surface area (Å²) in [7, 11) is 0. The monoisotopic (exact) mass is 363 g/mol. The third-order valence-corrected chi connectivity index (χ3v) is 4.09. The number of nitrogens with zero attached hydrogens (tertiary/aromatic N) is 2. The number of thioether (sulfide) groups is 1. The van der Waals surface area contributed by atoms with Crippen molar-refractivity contribution in [1.82, 2.24) is 10.1 Å². The summed E-state index contributed by atoms with van der Waals surface area (Å²) in [5.41, 5.74) is 6.22. The minimum absolute atomic E-state index is 0.0393. The molecule has 2 N–H and O–H groups in total. The zero-order valence-corrected chi connectivity index (χ0v) is 13.0. The van der Waals surface area contributed by atoms with Crippen LogP contribution in [0.5, 0.6) is 0 Å². The maximum Gasteiger partial charge on any atom is 0.243 e. The third-order valence-electron chi connectivity index (χ3n) is 2.67. The molecule has 2 rings (SSSR count). The summed E-state index contributed by atoms with van der Waals surface area (Å²) < 4.78 is 31.6. The van der Waals surface area contributed by atoms with Gasteiger partial charge >= 0.3 is 0 Å². The van der Waals surface area contributed by atoms with Gasteiger partial charge in [0.2, 0.25) is 11.7 Å². The fourth-order valence-corrected chi connectivity index (χ4v) is 2.55. The van der Waals surface area contributed by atoms with Crippen LogP contribution in [0.25, 0.3) is 11.4 Å². The first-order valence-corrected chi connectivity index (χ1v) is 7.95. The molecule has 2 aromatic rings. The zero-order valence-electron chi connectivity index (χ0n) is 10.6. The molecule has 1 atom stereocenters. The molecular formula is C12H12BrF2N3OS. The minimum Gasteiger partial charge on any atom is -0.337 e. The Morgan fingerprint density at radius 1 is 1.45 bits per heavy atom. The third kappa shape index (κ3) is 3.18. The lowest BCUT2D eigenvalue weighted by atomic mass is 10.2. The molecule has 8 heteroatoms. The van der Waals surface area contributed by atoms with Crippen LogP contribution in [0.4, 0.5) is 8.78 Å². The lowest BCUT2D eigenvalue weighted by molar-refractivity contribution is 0.353. The first-order valence-electron chi connectivity index (χ1n) is 5.76. The Morgan fingerprint density at radius 2 is 2.20 bits per heavy atom. The van der Waals surface area contributed by atoms with Gasteiger partial charge in [0.25, 0.3) is 0 Å². The van der Waals surface area contributed by atoms with E-state index in [1.54, 1.807) is 11.8 Å². The predicted octanol–water partition coefficient (Wildman–Crippen LogP) is 3.53.